The Labute approximate surface area is 178 Å². The molecule has 0 amide bonds. The van der Waals surface area contributed by atoms with Crippen LogP contribution in [-0.4, -0.2) is 19.9 Å². The Morgan fingerprint density at radius 1 is 1.07 bits per heavy atom. The summed E-state index contributed by atoms with van der Waals surface area (Å²) in [6.07, 6.45) is 1.77. The summed E-state index contributed by atoms with van der Waals surface area (Å²) in [6.45, 7) is 4.27. The molecule has 0 fully saturated rings. The Morgan fingerprint density at radius 3 is 2.66 bits per heavy atom. The van der Waals surface area contributed by atoms with E-state index in [1.54, 1.807) is 6.20 Å². The number of nitrogens with two attached hydrogens (primary N) is 1. The number of benzene rings is 2. The van der Waals surface area contributed by atoms with Crippen molar-refractivity contribution in [1.82, 2.24) is 19.9 Å². The van der Waals surface area contributed by atoms with Gasteiger partial charge < -0.3 is 10.6 Å². The molecule has 0 bridgehead atoms. The van der Waals surface area contributed by atoms with E-state index in [0.717, 1.165) is 33.3 Å². The SMILES string of the molecule is Cc1cccc(C)c1OCc1nnc(SCc2c(Cl)ccc3cccnc23)n1N. The zero-order valence-electron chi connectivity index (χ0n) is 16.1. The molecule has 0 unspecified atom stereocenters. The minimum atomic E-state index is 0.242. The lowest BCUT2D eigenvalue weighted by Gasteiger charge is -2.11. The molecule has 0 spiro atoms. The van der Waals surface area contributed by atoms with Gasteiger partial charge in [0.05, 0.1) is 5.52 Å². The topological polar surface area (TPSA) is 78.9 Å². The molecule has 8 heteroatoms. The summed E-state index contributed by atoms with van der Waals surface area (Å²) in [5.41, 5.74) is 3.97. The maximum Gasteiger partial charge on any atom is 0.210 e. The smallest absolute Gasteiger partial charge is 0.210 e. The number of nitrogens with zero attached hydrogens (tertiary/aromatic N) is 4. The van der Waals surface area contributed by atoms with Gasteiger partial charge >= 0.3 is 0 Å². The Hall–Kier alpha value is -2.77. The van der Waals surface area contributed by atoms with Gasteiger partial charge in [-0.05, 0) is 37.1 Å². The monoisotopic (exact) mass is 425 g/mol. The van der Waals surface area contributed by atoms with E-state index in [1.807, 2.05) is 56.3 Å². The van der Waals surface area contributed by atoms with Gasteiger partial charge in [0.15, 0.2) is 5.82 Å². The number of nitrogen functional groups attached to an aromatic ring is 1. The Balaban J connectivity index is 1.49. The average molecular weight is 426 g/mol. The zero-order chi connectivity index (χ0) is 20.4. The number of halogens is 1. The van der Waals surface area contributed by atoms with E-state index in [9.17, 15) is 0 Å². The van der Waals surface area contributed by atoms with Crippen LogP contribution in [0, 0.1) is 13.8 Å². The number of fused-ring (bicyclic) bond motifs is 1. The molecule has 4 aromatic rings. The molecule has 0 saturated carbocycles. The number of aromatic nitrogens is 4. The molecule has 0 atom stereocenters. The van der Waals surface area contributed by atoms with Crippen molar-refractivity contribution in [3.05, 3.63) is 76.2 Å². The lowest BCUT2D eigenvalue weighted by atomic mass is 10.1. The third-order valence-electron chi connectivity index (χ3n) is 4.66. The molecule has 0 aliphatic heterocycles. The van der Waals surface area contributed by atoms with Gasteiger partial charge in [0.2, 0.25) is 5.16 Å². The van der Waals surface area contributed by atoms with Crippen molar-refractivity contribution in [2.75, 3.05) is 5.84 Å². The molecule has 148 valence electrons. The van der Waals surface area contributed by atoms with Crippen LogP contribution in [0.5, 0.6) is 5.75 Å². The van der Waals surface area contributed by atoms with Crippen molar-refractivity contribution < 1.29 is 4.74 Å². The molecular weight excluding hydrogens is 406 g/mol. The third kappa shape index (κ3) is 4.02. The molecule has 2 aromatic heterocycles. The molecular formula is C21H20ClN5OS. The lowest BCUT2D eigenvalue weighted by molar-refractivity contribution is 0.288. The van der Waals surface area contributed by atoms with E-state index in [4.69, 9.17) is 22.2 Å². The van der Waals surface area contributed by atoms with Gasteiger partial charge in [-0.2, -0.15) is 0 Å². The molecule has 2 aromatic carbocycles. The fourth-order valence-electron chi connectivity index (χ4n) is 3.12. The molecule has 2 heterocycles. The second kappa shape index (κ2) is 8.31. The molecule has 6 nitrogen and oxygen atoms in total. The van der Waals surface area contributed by atoms with Crippen LogP contribution in [-0.2, 0) is 12.4 Å². The second-order valence-electron chi connectivity index (χ2n) is 6.67. The molecule has 2 N–H and O–H groups in total. The van der Waals surface area contributed by atoms with Crippen LogP contribution in [0.15, 0.2) is 53.8 Å². The van der Waals surface area contributed by atoms with E-state index in [2.05, 4.69) is 15.2 Å². The van der Waals surface area contributed by atoms with Crippen molar-refractivity contribution in [1.29, 1.82) is 0 Å². The molecule has 0 saturated heterocycles. The van der Waals surface area contributed by atoms with Crippen molar-refractivity contribution >= 4 is 34.3 Å². The standard InChI is InChI=1S/C21H20ClN5OS/c1-13-5-3-6-14(2)20(13)28-11-18-25-26-21(27(18)23)29-12-16-17(22)9-8-15-7-4-10-24-19(15)16/h3-10H,11-12,23H2,1-2H3. The fraction of sp³-hybridized carbons (Fsp3) is 0.190. The van der Waals surface area contributed by atoms with Crippen LogP contribution in [0.4, 0.5) is 0 Å². The largest absolute Gasteiger partial charge is 0.485 e. The molecule has 29 heavy (non-hydrogen) atoms. The van der Waals surface area contributed by atoms with Crippen molar-refractivity contribution in [2.45, 2.75) is 31.4 Å². The first kappa shape index (κ1) is 19.5. The van der Waals surface area contributed by atoms with Crippen LogP contribution in [0.3, 0.4) is 0 Å². The van der Waals surface area contributed by atoms with Crippen LogP contribution >= 0.6 is 23.4 Å². The minimum Gasteiger partial charge on any atom is -0.485 e. The number of hydrogen-bond donors (Lipinski definition) is 1. The first-order chi connectivity index (χ1) is 14.0. The Morgan fingerprint density at radius 2 is 1.86 bits per heavy atom. The Bertz CT molecular complexity index is 1160. The summed E-state index contributed by atoms with van der Waals surface area (Å²) >= 11 is 7.88. The summed E-state index contributed by atoms with van der Waals surface area (Å²) in [7, 11) is 0. The zero-order valence-corrected chi connectivity index (χ0v) is 17.7. The summed E-state index contributed by atoms with van der Waals surface area (Å²) < 4.78 is 7.41. The third-order valence-corrected chi connectivity index (χ3v) is 5.98. The first-order valence-corrected chi connectivity index (χ1v) is 10.4. The summed E-state index contributed by atoms with van der Waals surface area (Å²) in [6, 6.07) is 13.8. The highest BCUT2D eigenvalue weighted by molar-refractivity contribution is 7.98. The molecule has 0 aliphatic carbocycles. The quantitative estimate of drug-likeness (QED) is 0.357. The van der Waals surface area contributed by atoms with E-state index < -0.39 is 0 Å². The van der Waals surface area contributed by atoms with Gasteiger partial charge in [0, 0.05) is 27.9 Å². The number of pyridine rings is 1. The average Bonchev–Trinajstić information content (AvgIpc) is 3.06. The Kier molecular flexibility index (Phi) is 5.60. The molecule has 4 rings (SSSR count). The van der Waals surface area contributed by atoms with E-state index >= 15 is 0 Å². The number of rotatable bonds is 6. The second-order valence-corrected chi connectivity index (χ2v) is 8.02. The van der Waals surface area contributed by atoms with Crippen LogP contribution in [0.1, 0.15) is 22.5 Å². The highest BCUT2D eigenvalue weighted by Gasteiger charge is 2.14. The minimum absolute atomic E-state index is 0.242. The van der Waals surface area contributed by atoms with Gasteiger partial charge in [-0.25, -0.2) is 4.68 Å². The van der Waals surface area contributed by atoms with Gasteiger partial charge in [0.1, 0.15) is 12.4 Å². The van der Waals surface area contributed by atoms with Gasteiger partial charge in [0.25, 0.3) is 0 Å². The predicted octanol–water partition coefficient (Wildman–Crippen LogP) is 4.68. The number of hydrogen-bond acceptors (Lipinski definition) is 6. The lowest BCUT2D eigenvalue weighted by Crippen LogP contribution is -2.16. The van der Waals surface area contributed by atoms with Crippen molar-refractivity contribution in [3.8, 4) is 5.75 Å². The summed E-state index contributed by atoms with van der Waals surface area (Å²) in [5, 5.41) is 10.7. The van der Waals surface area contributed by atoms with E-state index in [0.29, 0.717) is 21.8 Å². The molecule has 0 radical (unpaired) electrons. The molecule has 0 aliphatic rings. The maximum absolute atomic E-state index is 6.41. The van der Waals surface area contributed by atoms with Crippen LogP contribution in [0.2, 0.25) is 5.02 Å². The number of para-hydroxylation sites is 1. The first-order valence-electron chi connectivity index (χ1n) is 9.08. The van der Waals surface area contributed by atoms with Gasteiger partial charge in [-0.1, -0.05) is 53.7 Å². The van der Waals surface area contributed by atoms with Crippen molar-refractivity contribution in [2.24, 2.45) is 0 Å². The van der Waals surface area contributed by atoms with Crippen molar-refractivity contribution in [3.63, 3.8) is 0 Å². The number of aryl methyl sites for hydroxylation is 2. The fourth-order valence-corrected chi connectivity index (χ4v) is 4.33. The number of thioether (sulfide) groups is 1. The summed E-state index contributed by atoms with van der Waals surface area (Å²) in [5.74, 6) is 8.18. The predicted molar refractivity (Wildman–Crippen MR) is 117 cm³/mol. The van der Waals surface area contributed by atoms with Gasteiger partial charge in [-0.15, -0.1) is 10.2 Å². The van der Waals surface area contributed by atoms with Gasteiger partial charge in [-0.3, -0.25) is 4.98 Å². The normalized spacial score (nSPS) is 11.1. The maximum atomic E-state index is 6.41. The van der Waals surface area contributed by atoms with E-state index in [-0.39, 0.29) is 6.61 Å². The number of ether oxygens (including phenoxy) is 1. The highest BCUT2D eigenvalue weighted by Crippen LogP contribution is 2.30. The highest BCUT2D eigenvalue weighted by atomic mass is 35.5. The van der Waals surface area contributed by atoms with E-state index in [1.165, 1.54) is 16.4 Å². The van der Waals surface area contributed by atoms with Crippen LogP contribution in [0.25, 0.3) is 10.9 Å². The van der Waals surface area contributed by atoms with Crippen LogP contribution < -0.4 is 10.6 Å². The summed E-state index contributed by atoms with van der Waals surface area (Å²) in [4.78, 5) is 4.47.